The molecule has 1 aromatic rings. The van der Waals surface area contributed by atoms with Gasteiger partial charge in [0, 0.05) is 6.04 Å². The Morgan fingerprint density at radius 1 is 1.14 bits per heavy atom. The second-order valence-electron chi connectivity index (χ2n) is 6.22. The van der Waals surface area contributed by atoms with Gasteiger partial charge in [0.1, 0.15) is 6.54 Å². The van der Waals surface area contributed by atoms with Gasteiger partial charge in [-0.15, -0.1) is 0 Å². The minimum atomic E-state index is -3.53. The van der Waals surface area contributed by atoms with Gasteiger partial charge in [0.05, 0.1) is 11.9 Å². The summed E-state index contributed by atoms with van der Waals surface area (Å²) in [5, 5.41) is 2.84. The second-order valence-corrected chi connectivity index (χ2v) is 8.12. The molecule has 0 aromatic heterocycles. The predicted molar refractivity (Wildman–Crippen MR) is 90.5 cm³/mol. The number of anilines is 1. The number of nitrogens with one attached hydrogen (secondary N) is 1. The molecule has 0 aliphatic rings. The summed E-state index contributed by atoms with van der Waals surface area (Å²) in [6.07, 6.45) is 1.11. The number of nitrogens with zero attached hydrogens (tertiary/aromatic N) is 1. The Labute approximate surface area is 133 Å². The van der Waals surface area contributed by atoms with Crippen molar-refractivity contribution in [1.82, 2.24) is 5.32 Å². The number of rotatable bonds is 6. The highest BCUT2D eigenvalue weighted by atomic mass is 32.2. The zero-order valence-electron chi connectivity index (χ0n) is 14.2. The lowest BCUT2D eigenvalue weighted by Gasteiger charge is -2.24. The van der Waals surface area contributed by atoms with Crippen molar-refractivity contribution < 1.29 is 13.2 Å². The monoisotopic (exact) mass is 326 g/mol. The fourth-order valence-electron chi connectivity index (χ4n) is 2.09. The Morgan fingerprint density at radius 3 is 2.05 bits per heavy atom. The van der Waals surface area contributed by atoms with Crippen LogP contribution in [0.2, 0.25) is 0 Å². The molecular weight excluding hydrogens is 300 g/mol. The minimum absolute atomic E-state index is 0.00634. The Kier molecular flexibility index (Phi) is 6.00. The third-order valence-corrected chi connectivity index (χ3v) is 4.71. The molecule has 1 rings (SSSR count). The Hall–Kier alpha value is -1.56. The first-order valence-corrected chi connectivity index (χ1v) is 9.21. The van der Waals surface area contributed by atoms with Crippen LogP contribution in [-0.2, 0) is 14.8 Å². The maximum absolute atomic E-state index is 12.1. The van der Waals surface area contributed by atoms with Crippen LogP contribution < -0.4 is 9.62 Å². The van der Waals surface area contributed by atoms with E-state index >= 15 is 0 Å². The molecule has 1 N–H and O–H groups in total. The fraction of sp³-hybridized carbons (Fsp3) is 0.562. The number of benzene rings is 1. The van der Waals surface area contributed by atoms with Crippen LogP contribution in [0.15, 0.2) is 18.2 Å². The number of carbonyl (C=O) groups excluding carboxylic acids is 1. The van der Waals surface area contributed by atoms with E-state index in [-0.39, 0.29) is 24.4 Å². The molecule has 0 saturated carbocycles. The molecule has 1 unspecified atom stereocenters. The molecule has 0 aliphatic carbocycles. The van der Waals surface area contributed by atoms with Crippen molar-refractivity contribution in [2.24, 2.45) is 5.92 Å². The third kappa shape index (κ3) is 5.33. The molecule has 1 atom stereocenters. The molecule has 0 heterocycles. The summed E-state index contributed by atoms with van der Waals surface area (Å²) in [5.41, 5.74) is 2.44. The van der Waals surface area contributed by atoms with Gasteiger partial charge >= 0.3 is 0 Å². The zero-order chi connectivity index (χ0) is 17.1. The molecule has 0 fully saturated rings. The molecule has 1 aromatic carbocycles. The van der Waals surface area contributed by atoms with E-state index in [1.165, 1.54) is 0 Å². The van der Waals surface area contributed by atoms with Crippen LogP contribution in [0.25, 0.3) is 0 Å². The topological polar surface area (TPSA) is 66.5 Å². The molecule has 0 bridgehead atoms. The standard InChI is InChI=1S/C16H26N2O3S/c1-11(2)14(5)17-16(19)10-18(22(6,20)21)15-8-12(3)7-13(4)9-15/h7-9,11,14H,10H2,1-6H3,(H,17,19). The molecule has 22 heavy (non-hydrogen) atoms. The average molecular weight is 326 g/mol. The van der Waals surface area contributed by atoms with Gasteiger partial charge in [0.2, 0.25) is 15.9 Å². The van der Waals surface area contributed by atoms with E-state index in [0.29, 0.717) is 5.69 Å². The van der Waals surface area contributed by atoms with Gasteiger partial charge in [0.15, 0.2) is 0 Å². The molecule has 1 amide bonds. The average Bonchev–Trinajstić information content (AvgIpc) is 2.33. The summed E-state index contributed by atoms with van der Waals surface area (Å²) in [6, 6.07) is 5.50. The predicted octanol–water partition coefficient (Wildman–Crippen LogP) is 2.23. The van der Waals surface area contributed by atoms with Gasteiger partial charge in [-0.3, -0.25) is 9.10 Å². The number of aryl methyl sites for hydroxylation is 2. The van der Waals surface area contributed by atoms with E-state index in [1.54, 1.807) is 12.1 Å². The smallest absolute Gasteiger partial charge is 0.240 e. The van der Waals surface area contributed by atoms with Gasteiger partial charge in [-0.2, -0.15) is 0 Å². The van der Waals surface area contributed by atoms with E-state index < -0.39 is 10.0 Å². The van der Waals surface area contributed by atoms with Crippen molar-refractivity contribution >= 4 is 21.6 Å². The molecule has 124 valence electrons. The number of amides is 1. The van der Waals surface area contributed by atoms with Crippen LogP contribution in [-0.4, -0.2) is 33.2 Å². The van der Waals surface area contributed by atoms with Crippen molar-refractivity contribution in [3.05, 3.63) is 29.3 Å². The summed E-state index contributed by atoms with van der Waals surface area (Å²) in [7, 11) is -3.53. The summed E-state index contributed by atoms with van der Waals surface area (Å²) >= 11 is 0. The van der Waals surface area contributed by atoms with Crippen LogP contribution in [0.5, 0.6) is 0 Å². The fourth-order valence-corrected chi connectivity index (χ4v) is 2.93. The van der Waals surface area contributed by atoms with Gasteiger partial charge in [-0.05, 0) is 49.9 Å². The Balaban J connectivity index is 3.03. The zero-order valence-corrected chi connectivity index (χ0v) is 15.0. The van der Waals surface area contributed by atoms with Gasteiger partial charge < -0.3 is 5.32 Å². The van der Waals surface area contributed by atoms with Crippen molar-refractivity contribution in [2.45, 2.75) is 40.7 Å². The lowest BCUT2D eigenvalue weighted by Crippen LogP contribution is -2.44. The van der Waals surface area contributed by atoms with E-state index in [1.807, 2.05) is 40.7 Å². The summed E-state index contributed by atoms with van der Waals surface area (Å²) in [6.45, 7) is 9.51. The van der Waals surface area contributed by atoms with Gasteiger partial charge in [0.25, 0.3) is 0 Å². The molecule has 0 spiro atoms. The highest BCUT2D eigenvalue weighted by molar-refractivity contribution is 7.92. The minimum Gasteiger partial charge on any atom is -0.352 e. The normalized spacial score (nSPS) is 13.0. The van der Waals surface area contributed by atoms with Crippen LogP contribution in [0.3, 0.4) is 0 Å². The summed E-state index contributed by atoms with van der Waals surface area (Å²) < 4.78 is 25.3. The van der Waals surface area contributed by atoms with Crippen LogP contribution in [0, 0.1) is 19.8 Å². The third-order valence-electron chi connectivity index (χ3n) is 3.57. The molecule has 0 saturated heterocycles. The van der Waals surface area contributed by atoms with Crippen molar-refractivity contribution in [3.63, 3.8) is 0 Å². The summed E-state index contributed by atoms with van der Waals surface area (Å²) in [5.74, 6) is -0.0115. The van der Waals surface area contributed by atoms with Crippen LogP contribution >= 0.6 is 0 Å². The lowest BCUT2D eigenvalue weighted by atomic mass is 10.1. The second kappa shape index (κ2) is 7.13. The van der Waals surface area contributed by atoms with Crippen LogP contribution in [0.4, 0.5) is 5.69 Å². The van der Waals surface area contributed by atoms with Crippen molar-refractivity contribution in [3.8, 4) is 0 Å². The number of hydrogen-bond donors (Lipinski definition) is 1. The largest absolute Gasteiger partial charge is 0.352 e. The molecule has 6 heteroatoms. The molecule has 0 aliphatic heterocycles. The van der Waals surface area contributed by atoms with E-state index in [2.05, 4.69) is 5.32 Å². The van der Waals surface area contributed by atoms with E-state index in [9.17, 15) is 13.2 Å². The SMILES string of the molecule is Cc1cc(C)cc(N(CC(=O)NC(C)C(C)C)S(C)(=O)=O)c1. The first-order valence-electron chi connectivity index (χ1n) is 7.36. The maximum Gasteiger partial charge on any atom is 0.240 e. The molecule has 0 radical (unpaired) electrons. The van der Waals surface area contributed by atoms with Crippen LogP contribution in [0.1, 0.15) is 31.9 Å². The Morgan fingerprint density at radius 2 is 1.64 bits per heavy atom. The molecule has 5 nitrogen and oxygen atoms in total. The van der Waals surface area contributed by atoms with Crippen molar-refractivity contribution in [2.75, 3.05) is 17.1 Å². The number of sulfonamides is 1. The van der Waals surface area contributed by atoms with E-state index in [4.69, 9.17) is 0 Å². The first kappa shape index (κ1) is 18.5. The molecular formula is C16H26N2O3S. The van der Waals surface area contributed by atoms with Gasteiger partial charge in [-0.25, -0.2) is 8.42 Å². The number of hydrogen-bond acceptors (Lipinski definition) is 3. The highest BCUT2D eigenvalue weighted by Gasteiger charge is 2.22. The lowest BCUT2D eigenvalue weighted by molar-refractivity contribution is -0.120. The maximum atomic E-state index is 12.1. The quantitative estimate of drug-likeness (QED) is 0.872. The van der Waals surface area contributed by atoms with Gasteiger partial charge in [-0.1, -0.05) is 19.9 Å². The Bertz CT molecular complexity index is 619. The summed E-state index contributed by atoms with van der Waals surface area (Å²) in [4.78, 5) is 12.1. The number of carbonyl (C=O) groups is 1. The van der Waals surface area contributed by atoms with Crippen molar-refractivity contribution in [1.29, 1.82) is 0 Å². The first-order chi connectivity index (χ1) is 10.0. The van der Waals surface area contributed by atoms with E-state index in [0.717, 1.165) is 21.7 Å². The highest BCUT2D eigenvalue weighted by Crippen LogP contribution is 2.21.